The fourth-order valence-electron chi connectivity index (χ4n) is 5.71. The van der Waals surface area contributed by atoms with Crippen LogP contribution in [0.15, 0.2) is 60.7 Å². The first-order valence-corrected chi connectivity index (χ1v) is 18.6. The van der Waals surface area contributed by atoms with E-state index in [9.17, 15) is 4.79 Å². The van der Waals surface area contributed by atoms with Crippen LogP contribution in [0.25, 0.3) is 0 Å². The third-order valence-electron chi connectivity index (χ3n) is 8.78. The first kappa shape index (κ1) is 39.8. The van der Waals surface area contributed by atoms with Gasteiger partial charge in [0.15, 0.2) is 5.75 Å². The van der Waals surface area contributed by atoms with Gasteiger partial charge in [0.25, 0.3) is 0 Å². The number of hydrogen-bond donors (Lipinski definition) is 2. The largest absolute Gasteiger partial charge is 0.497 e. The van der Waals surface area contributed by atoms with Crippen LogP contribution in [0, 0.1) is 18.8 Å². The summed E-state index contributed by atoms with van der Waals surface area (Å²) in [6, 6.07) is 20.0. The zero-order valence-electron chi connectivity index (χ0n) is 29.8. The smallest absolute Gasteiger partial charge is 0.227 e. The van der Waals surface area contributed by atoms with E-state index in [1.807, 2.05) is 49.4 Å². The number of methoxy groups -OCH3 is 2. The number of carbonyl (C=O) groups is 1. The highest BCUT2D eigenvalue weighted by molar-refractivity contribution is 6.37. The first-order valence-electron chi connectivity index (χ1n) is 17.8. The number of rotatable bonds is 15. The Morgan fingerprint density at radius 2 is 1.58 bits per heavy atom. The van der Waals surface area contributed by atoms with Crippen molar-refractivity contribution in [2.75, 3.05) is 53.7 Å². The molecule has 8 nitrogen and oxygen atoms in total. The molecule has 3 aromatic carbocycles. The van der Waals surface area contributed by atoms with Gasteiger partial charge in [-0.15, -0.1) is 0 Å². The van der Waals surface area contributed by atoms with Crippen LogP contribution in [0.1, 0.15) is 61.6 Å². The van der Waals surface area contributed by atoms with Crippen molar-refractivity contribution in [3.8, 4) is 17.2 Å². The summed E-state index contributed by atoms with van der Waals surface area (Å²) in [5, 5.41) is 12.6. The Bertz CT molecular complexity index is 1420. The summed E-state index contributed by atoms with van der Waals surface area (Å²) in [5.74, 6) is 3.34. The van der Waals surface area contributed by atoms with E-state index in [1.54, 1.807) is 14.2 Å². The predicted octanol–water partition coefficient (Wildman–Crippen LogP) is 7.91. The van der Waals surface area contributed by atoms with Crippen molar-refractivity contribution in [2.24, 2.45) is 11.8 Å². The van der Waals surface area contributed by atoms with Crippen molar-refractivity contribution in [3.63, 3.8) is 0 Å². The van der Waals surface area contributed by atoms with E-state index in [0.29, 0.717) is 60.0 Å². The van der Waals surface area contributed by atoms with Gasteiger partial charge in [0.05, 0.1) is 23.1 Å². The minimum absolute atomic E-state index is 0.135. The third-order valence-corrected chi connectivity index (χ3v) is 9.35. The van der Waals surface area contributed by atoms with Crippen molar-refractivity contribution < 1.29 is 28.8 Å². The highest BCUT2D eigenvalue weighted by atomic mass is 35.5. The molecule has 274 valence electrons. The molecular weight excluding hydrogens is 675 g/mol. The number of aliphatic hydroxyl groups is 1. The van der Waals surface area contributed by atoms with E-state index >= 15 is 0 Å². The average molecular weight is 730 g/mol. The molecule has 2 saturated carbocycles. The molecule has 3 fully saturated rings. The zero-order valence-corrected chi connectivity index (χ0v) is 31.3. The van der Waals surface area contributed by atoms with Crippen molar-refractivity contribution >= 4 is 29.1 Å². The van der Waals surface area contributed by atoms with Crippen LogP contribution in [0.3, 0.4) is 0 Å². The van der Waals surface area contributed by atoms with E-state index in [4.69, 9.17) is 47.3 Å². The number of carbonyl (C=O) groups excluding carboxylic acids is 1. The number of aliphatic hydroxyl groups excluding tert-OH is 1. The average Bonchev–Trinajstić information content (AvgIpc) is 4.06. The number of nitrogens with one attached hydrogen (secondary N) is 1. The number of hydrogen-bond acceptors (Lipinski definition) is 7. The summed E-state index contributed by atoms with van der Waals surface area (Å²) < 4.78 is 21.7. The van der Waals surface area contributed by atoms with Gasteiger partial charge in [-0.25, -0.2) is 0 Å². The van der Waals surface area contributed by atoms with E-state index in [-0.39, 0.29) is 5.92 Å². The van der Waals surface area contributed by atoms with E-state index in [1.165, 1.54) is 24.0 Å². The van der Waals surface area contributed by atoms with Crippen LogP contribution in [0.5, 0.6) is 17.2 Å². The Kier molecular flexibility index (Phi) is 17.0. The lowest BCUT2D eigenvalue weighted by molar-refractivity contribution is -0.137. The second kappa shape index (κ2) is 21.4. The molecule has 2 N–H and O–H groups in total. The summed E-state index contributed by atoms with van der Waals surface area (Å²) in [7, 11) is 3.44. The minimum atomic E-state index is 0.135. The molecule has 0 spiro atoms. The monoisotopic (exact) mass is 728 g/mol. The van der Waals surface area contributed by atoms with Crippen molar-refractivity contribution in [1.29, 1.82) is 0 Å². The van der Waals surface area contributed by atoms with Gasteiger partial charge in [-0.1, -0.05) is 47.5 Å². The molecule has 10 heteroatoms. The normalized spacial score (nSPS) is 16.6. The summed E-state index contributed by atoms with van der Waals surface area (Å²) in [4.78, 5) is 15.2. The van der Waals surface area contributed by atoms with Crippen LogP contribution in [-0.2, 0) is 22.5 Å². The van der Waals surface area contributed by atoms with Crippen molar-refractivity contribution in [2.45, 2.75) is 70.9 Å². The molecule has 1 saturated heterocycles. The fraction of sp³-hybridized carbons (Fsp3) is 0.525. The molecule has 1 aliphatic heterocycles. The first-order chi connectivity index (χ1) is 24.3. The molecule has 0 aromatic heterocycles. The fourth-order valence-corrected chi connectivity index (χ4v) is 6.42. The van der Waals surface area contributed by atoms with Crippen molar-refractivity contribution in [1.82, 2.24) is 10.2 Å². The second-order valence-corrected chi connectivity index (χ2v) is 14.0. The molecule has 1 amide bonds. The Hall–Kier alpha value is -3.01. The number of ether oxygens (including phenoxy) is 4. The van der Waals surface area contributed by atoms with E-state index in [2.05, 4.69) is 28.4 Å². The molecule has 1 heterocycles. The number of piperidine rings is 1. The van der Waals surface area contributed by atoms with Crippen LogP contribution in [0.2, 0.25) is 10.0 Å². The molecule has 50 heavy (non-hydrogen) atoms. The molecule has 0 bridgehead atoms. The lowest BCUT2D eigenvalue weighted by Crippen LogP contribution is -2.43. The van der Waals surface area contributed by atoms with E-state index < -0.39 is 0 Å². The number of benzene rings is 3. The molecule has 3 aromatic rings. The topological polar surface area (TPSA) is 89.5 Å². The van der Waals surface area contributed by atoms with Crippen molar-refractivity contribution in [3.05, 3.63) is 87.4 Å². The molecule has 0 unspecified atom stereocenters. The Morgan fingerprint density at radius 1 is 0.880 bits per heavy atom. The SMILES string of the molecule is COCCCc1cc(CN(C(=O)[C@@H]2CCCNC2)C2CC2)cc(OC)c1.Cc1cc(Cl)c(OCCOc2ccccc2)c(Cl)c1.OCC1CC1. The zero-order chi connectivity index (χ0) is 35.7. The number of para-hydroxylation sites is 1. The molecule has 0 radical (unpaired) electrons. The number of aryl methyl sites for hydroxylation is 2. The van der Waals surface area contributed by atoms with Gasteiger partial charge >= 0.3 is 0 Å². The molecule has 1 atom stereocenters. The minimum Gasteiger partial charge on any atom is -0.497 e. The lowest BCUT2D eigenvalue weighted by atomic mass is 9.97. The maximum Gasteiger partial charge on any atom is 0.227 e. The van der Waals surface area contributed by atoms with Gasteiger partial charge in [-0.05, 0) is 124 Å². The van der Waals surface area contributed by atoms with Crippen LogP contribution in [0.4, 0.5) is 0 Å². The van der Waals surface area contributed by atoms with Gasteiger partial charge in [0.1, 0.15) is 24.7 Å². The maximum atomic E-state index is 13.1. The number of halogens is 2. The highest BCUT2D eigenvalue weighted by Crippen LogP contribution is 2.34. The van der Waals surface area contributed by atoms with Crippen LogP contribution in [-0.4, -0.2) is 75.7 Å². The van der Waals surface area contributed by atoms with Gasteiger partial charge in [-0.2, -0.15) is 0 Å². The number of amides is 1. The predicted molar refractivity (Wildman–Crippen MR) is 201 cm³/mol. The Balaban J connectivity index is 0.000000204. The molecule has 2 aliphatic carbocycles. The van der Waals surface area contributed by atoms with Gasteiger partial charge in [0.2, 0.25) is 5.91 Å². The highest BCUT2D eigenvalue weighted by Gasteiger charge is 2.36. The third kappa shape index (κ3) is 14.0. The van der Waals surface area contributed by atoms with Gasteiger partial charge < -0.3 is 34.3 Å². The van der Waals surface area contributed by atoms with Gasteiger partial charge in [0, 0.05) is 39.5 Å². The summed E-state index contributed by atoms with van der Waals surface area (Å²) in [5.41, 5.74) is 3.42. The Labute approximate surface area is 308 Å². The molecule has 3 aliphatic rings. The maximum absolute atomic E-state index is 13.1. The quantitative estimate of drug-likeness (QED) is 0.154. The van der Waals surface area contributed by atoms with E-state index in [0.717, 1.165) is 75.3 Å². The Morgan fingerprint density at radius 3 is 2.16 bits per heavy atom. The standard InChI is InChI=1S/C21H32N2O3.C15H14Cl2O2.C4H8O/c1-25-10-4-5-16-11-17(13-20(12-16)26-2)15-23(19-7-8-19)21(24)18-6-3-9-22-14-18;1-11-9-13(16)15(14(17)10-11)19-8-7-18-12-5-3-2-4-6-12;5-3-4-1-2-4/h11-13,18-19,22H,3-10,14-15H2,1-2H3;2-6,9-10H,7-8H2,1H3;4-5H,1-3H2/t18-;;/m1../s1. The lowest BCUT2D eigenvalue weighted by Gasteiger charge is -2.30. The number of nitrogens with zero attached hydrogens (tertiary/aromatic N) is 1. The second-order valence-electron chi connectivity index (χ2n) is 13.2. The van der Waals surface area contributed by atoms with Crippen LogP contribution >= 0.6 is 23.2 Å². The molecule has 6 rings (SSSR count). The van der Waals surface area contributed by atoms with Gasteiger partial charge in [-0.3, -0.25) is 4.79 Å². The summed E-state index contributed by atoms with van der Waals surface area (Å²) in [6.07, 6.45) is 8.84. The summed E-state index contributed by atoms with van der Waals surface area (Å²) in [6.45, 7) is 6.47. The summed E-state index contributed by atoms with van der Waals surface area (Å²) >= 11 is 12.2. The molecular formula is C40H54Cl2N2O6. The van der Waals surface area contributed by atoms with Crippen LogP contribution < -0.4 is 19.5 Å².